The van der Waals surface area contributed by atoms with Gasteiger partial charge in [0.05, 0.1) is 6.10 Å². The molecule has 1 atom stereocenters. The lowest BCUT2D eigenvalue weighted by molar-refractivity contribution is 0.242. The molecule has 2 nitrogen and oxygen atoms in total. The van der Waals surface area contributed by atoms with Crippen LogP contribution in [0.5, 0.6) is 0 Å². The Kier molecular flexibility index (Phi) is 6.18. The third-order valence-corrected chi connectivity index (χ3v) is 1.50. The largest absolute Gasteiger partial charge is 0.396 e. The monoisotopic (exact) mass is 158 g/mol. The fourth-order valence-electron chi connectivity index (χ4n) is 1.01. The van der Waals surface area contributed by atoms with Crippen molar-refractivity contribution < 1.29 is 10.2 Å². The van der Waals surface area contributed by atoms with Gasteiger partial charge in [0.15, 0.2) is 0 Å². The number of hydrogen-bond acceptors (Lipinski definition) is 2. The zero-order chi connectivity index (χ0) is 8.69. The van der Waals surface area contributed by atoms with Crippen LogP contribution in [0.3, 0.4) is 0 Å². The van der Waals surface area contributed by atoms with E-state index in [0.29, 0.717) is 0 Å². The molecule has 0 heterocycles. The maximum atomic E-state index is 8.95. The Labute approximate surface area is 68.6 Å². The Hall–Kier alpha value is -0.340. The van der Waals surface area contributed by atoms with E-state index in [0.717, 1.165) is 19.3 Å². The molecule has 0 bridgehead atoms. The van der Waals surface area contributed by atoms with E-state index in [4.69, 9.17) is 10.2 Å². The number of allylic oxidation sites excluding steroid dienone is 1. The summed E-state index contributed by atoms with van der Waals surface area (Å²) in [6.07, 6.45) is 4.34. The minimum absolute atomic E-state index is 0.266. The van der Waals surface area contributed by atoms with Gasteiger partial charge in [0.1, 0.15) is 0 Å². The van der Waals surface area contributed by atoms with Crippen LogP contribution in [-0.2, 0) is 0 Å². The number of hydrogen-bond donors (Lipinski definition) is 2. The fraction of sp³-hybridized carbons (Fsp3) is 0.778. The summed E-state index contributed by atoms with van der Waals surface area (Å²) in [6.45, 7) is 4.02. The van der Waals surface area contributed by atoms with E-state index in [-0.39, 0.29) is 12.7 Å². The van der Waals surface area contributed by atoms with E-state index in [2.05, 4.69) is 0 Å². The molecule has 0 aliphatic heterocycles. The van der Waals surface area contributed by atoms with Crippen molar-refractivity contribution in [3.8, 4) is 0 Å². The van der Waals surface area contributed by atoms with Crippen molar-refractivity contribution in [3.05, 3.63) is 11.6 Å². The van der Waals surface area contributed by atoms with Crippen molar-refractivity contribution in [2.75, 3.05) is 6.61 Å². The molecule has 0 rings (SSSR count). The third-order valence-electron chi connectivity index (χ3n) is 1.50. The smallest absolute Gasteiger partial charge is 0.0695 e. The topological polar surface area (TPSA) is 40.5 Å². The molecule has 2 heteroatoms. The summed E-state index contributed by atoms with van der Waals surface area (Å²) < 4.78 is 0. The highest BCUT2D eigenvalue weighted by atomic mass is 16.3. The van der Waals surface area contributed by atoms with Gasteiger partial charge < -0.3 is 10.2 Å². The average Bonchev–Trinajstić information content (AvgIpc) is 1.86. The summed E-state index contributed by atoms with van der Waals surface area (Å²) in [6, 6.07) is 0. The first-order valence-corrected chi connectivity index (χ1v) is 4.13. The normalized spacial score (nSPS) is 15.1. The van der Waals surface area contributed by atoms with E-state index in [9.17, 15) is 0 Å². The molecular weight excluding hydrogens is 140 g/mol. The first kappa shape index (κ1) is 10.7. The minimum Gasteiger partial charge on any atom is -0.396 e. The maximum absolute atomic E-state index is 8.95. The molecule has 0 aliphatic rings. The first-order chi connectivity index (χ1) is 5.16. The Balaban J connectivity index is 3.43. The highest BCUT2D eigenvalue weighted by molar-refractivity contribution is 5.00. The molecule has 0 saturated heterocycles. The summed E-state index contributed by atoms with van der Waals surface area (Å²) in [5.74, 6) is 0. The predicted molar refractivity (Wildman–Crippen MR) is 46.4 cm³/mol. The Morgan fingerprint density at radius 1 is 1.45 bits per heavy atom. The zero-order valence-electron chi connectivity index (χ0n) is 7.38. The van der Waals surface area contributed by atoms with Gasteiger partial charge in [-0.25, -0.2) is 0 Å². The summed E-state index contributed by atoms with van der Waals surface area (Å²) in [5, 5.41) is 17.4. The third kappa shape index (κ3) is 7.56. The lowest BCUT2D eigenvalue weighted by Crippen LogP contribution is -1.95. The Morgan fingerprint density at radius 3 is 2.55 bits per heavy atom. The average molecular weight is 158 g/mol. The van der Waals surface area contributed by atoms with E-state index in [1.807, 2.05) is 13.0 Å². The van der Waals surface area contributed by atoms with Crippen molar-refractivity contribution in [1.29, 1.82) is 0 Å². The van der Waals surface area contributed by atoms with Gasteiger partial charge in [-0.1, -0.05) is 11.6 Å². The first-order valence-electron chi connectivity index (χ1n) is 4.13. The van der Waals surface area contributed by atoms with Crippen LogP contribution in [0.15, 0.2) is 11.6 Å². The lowest BCUT2D eigenvalue weighted by Gasteiger charge is -2.01. The van der Waals surface area contributed by atoms with Gasteiger partial charge in [0, 0.05) is 6.61 Å². The van der Waals surface area contributed by atoms with E-state index < -0.39 is 0 Å². The molecule has 0 aromatic carbocycles. The van der Waals surface area contributed by atoms with Crippen LogP contribution < -0.4 is 0 Å². The number of rotatable bonds is 5. The zero-order valence-corrected chi connectivity index (χ0v) is 7.38. The quantitative estimate of drug-likeness (QED) is 0.470. The van der Waals surface area contributed by atoms with Gasteiger partial charge in [-0.3, -0.25) is 0 Å². The molecule has 0 amide bonds. The maximum Gasteiger partial charge on any atom is 0.0695 e. The van der Waals surface area contributed by atoms with Crippen LogP contribution in [-0.4, -0.2) is 22.9 Å². The van der Waals surface area contributed by atoms with Crippen LogP contribution in [0.25, 0.3) is 0 Å². The van der Waals surface area contributed by atoms with E-state index in [1.165, 1.54) is 5.57 Å². The summed E-state index contributed by atoms with van der Waals surface area (Å²) in [5.41, 5.74) is 1.20. The molecule has 0 aromatic rings. The molecule has 66 valence electrons. The van der Waals surface area contributed by atoms with Crippen molar-refractivity contribution >= 4 is 0 Å². The number of aliphatic hydroxyl groups is 2. The van der Waals surface area contributed by atoms with Crippen molar-refractivity contribution in [1.82, 2.24) is 0 Å². The molecule has 0 radical (unpaired) electrons. The van der Waals surface area contributed by atoms with Gasteiger partial charge in [-0.2, -0.15) is 0 Å². The molecular formula is C9H18O2. The van der Waals surface area contributed by atoms with Gasteiger partial charge in [-0.05, 0) is 33.1 Å². The van der Waals surface area contributed by atoms with E-state index >= 15 is 0 Å². The highest BCUT2D eigenvalue weighted by Crippen LogP contribution is 2.06. The standard InChI is InChI=1S/C9H18O2/c1-8(7-9(2)11)5-3-4-6-10/h7,9-11H,3-6H2,1-2H3/b8-7+. The molecule has 0 aromatic heterocycles. The second kappa shape index (κ2) is 6.38. The molecule has 0 saturated carbocycles. The lowest BCUT2D eigenvalue weighted by atomic mass is 10.1. The van der Waals surface area contributed by atoms with Crippen LogP contribution in [0.4, 0.5) is 0 Å². The minimum atomic E-state index is -0.343. The van der Waals surface area contributed by atoms with Gasteiger partial charge in [0.25, 0.3) is 0 Å². The van der Waals surface area contributed by atoms with Crippen molar-refractivity contribution in [2.24, 2.45) is 0 Å². The Morgan fingerprint density at radius 2 is 2.09 bits per heavy atom. The molecule has 1 unspecified atom stereocenters. The van der Waals surface area contributed by atoms with Gasteiger partial charge in [0.2, 0.25) is 0 Å². The van der Waals surface area contributed by atoms with Gasteiger partial charge >= 0.3 is 0 Å². The fourth-order valence-corrected chi connectivity index (χ4v) is 1.01. The molecule has 0 spiro atoms. The van der Waals surface area contributed by atoms with E-state index in [1.54, 1.807) is 6.92 Å². The highest BCUT2D eigenvalue weighted by Gasteiger charge is 1.93. The SMILES string of the molecule is C/C(=C\C(C)O)CCCCO. The summed E-state index contributed by atoms with van der Waals surface area (Å²) in [4.78, 5) is 0. The van der Waals surface area contributed by atoms with Gasteiger partial charge in [-0.15, -0.1) is 0 Å². The molecule has 0 aliphatic carbocycles. The molecule has 2 N–H and O–H groups in total. The second-order valence-corrected chi connectivity index (χ2v) is 2.93. The van der Waals surface area contributed by atoms with Crippen LogP contribution in [0, 0.1) is 0 Å². The summed E-state index contributed by atoms with van der Waals surface area (Å²) in [7, 11) is 0. The van der Waals surface area contributed by atoms with Crippen LogP contribution in [0.1, 0.15) is 33.1 Å². The second-order valence-electron chi connectivity index (χ2n) is 2.93. The molecule has 11 heavy (non-hydrogen) atoms. The van der Waals surface area contributed by atoms with Crippen LogP contribution >= 0.6 is 0 Å². The van der Waals surface area contributed by atoms with Crippen molar-refractivity contribution in [3.63, 3.8) is 0 Å². The summed E-state index contributed by atoms with van der Waals surface area (Å²) >= 11 is 0. The predicted octanol–water partition coefficient (Wildman–Crippen LogP) is 1.48. The van der Waals surface area contributed by atoms with Crippen molar-refractivity contribution in [2.45, 2.75) is 39.2 Å². The van der Waals surface area contributed by atoms with Crippen LogP contribution in [0.2, 0.25) is 0 Å². The molecule has 0 fully saturated rings. The Bertz CT molecular complexity index is 117. The number of unbranched alkanes of at least 4 members (excludes halogenated alkanes) is 1. The number of aliphatic hydroxyl groups excluding tert-OH is 2.